The molecular formula is C21H25Br3F2O2. The Balaban J connectivity index is 0. The van der Waals surface area contributed by atoms with E-state index in [4.69, 9.17) is 0 Å². The van der Waals surface area contributed by atoms with Gasteiger partial charge in [-0.15, -0.1) is 0 Å². The van der Waals surface area contributed by atoms with Crippen LogP contribution in [-0.4, -0.2) is 16.9 Å². The predicted octanol–water partition coefficient (Wildman–Crippen LogP) is 7.88. The van der Waals surface area contributed by atoms with Gasteiger partial charge in [-0.1, -0.05) is 61.5 Å². The van der Waals surface area contributed by atoms with E-state index in [1.54, 1.807) is 24.3 Å². The largest absolute Gasteiger partial charge is 0.295 e. The maximum absolute atomic E-state index is 13.2. The third-order valence-corrected chi connectivity index (χ3v) is 4.23. The molecule has 0 saturated heterocycles. The number of halogens is 5. The standard InChI is InChI=1S/C10H10BrFO.C10H11FO.CH4.Br2/c1-2-7-3-4-8(5-9(7)12)10(13)6-11;1-3-8-4-5-9(7(2)12)6-10(8)11;;1-2/h3-5H,2,6H2,1H3;4-6H,3H2,1-2H3;1H4;. The lowest BCUT2D eigenvalue weighted by Crippen LogP contribution is -2.01. The van der Waals surface area contributed by atoms with Gasteiger partial charge in [0.15, 0.2) is 11.6 Å². The first-order chi connectivity index (χ1) is 12.8. The van der Waals surface area contributed by atoms with Crippen molar-refractivity contribution in [3.05, 3.63) is 70.3 Å². The third-order valence-electron chi connectivity index (χ3n) is 3.72. The van der Waals surface area contributed by atoms with Crippen LogP contribution in [0.2, 0.25) is 0 Å². The smallest absolute Gasteiger partial charge is 0.173 e. The molecule has 0 aliphatic heterocycles. The highest BCUT2D eigenvalue weighted by atomic mass is 80.9. The lowest BCUT2D eigenvalue weighted by atomic mass is 10.1. The highest BCUT2D eigenvalue weighted by Crippen LogP contribution is 2.12. The van der Waals surface area contributed by atoms with E-state index in [0.29, 0.717) is 35.1 Å². The quantitative estimate of drug-likeness (QED) is 0.264. The van der Waals surface area contributed by atoms with Gasteiger partial charge in [0.2, 0.25) is 0 Å². The molecule has 0 saturated carbocycles. The minimum absolute atomic E-state index is 0. The van der Waals surface area contributed by atoms with Gasteiger partial charge < -0.3 is 0 Å². The van der Waals surface area contributed by atoms with Crippen molar-refractivity contribution >= 4 is 55.8 Å². The van der Waals surface area contributed by atoms with Crippen LogP contribution in [-0.2, 0) is 12.8 Å². The molecule has 28 heavy (non-hydrogen) atoms. The van der Waals surface area contributed by atoms with Gasteiger partial charge >= 0.3 is 0 Å². The summed E-state index contributed by atoms with van der Waals surface area (Å²) in [5.41, 5.74) is 2.15. The molecule has 0 amide bonds. The summed E-state index contributed by atoms with van der Waals surface area (Å²) < 4.78 is 26.2. The minimum Gasteiger partial charge on any atom is -0.295 e. The molecule has 0 spiro atoms. The molecule has 0 aromatic heterocycles. The summed E-state index contributed by atoms with van der Waals surface area (Å²) in [6.07, 6.45) is 1.30. The fourth-order valence-electron chi connectivity index (χ4n) is 2.14. The summed E-state index contributed by atoms with van der Waals surface area (Å²) >= 11 is 8.54. The summed E-state index contributed by atoms with van der Waals surface area (Å²) in [5, 5.41) is 0.234. The molecule has 0 unspecified atom stereocenters. The van der Waals surface area contributed by atoms with Crippen LogP contribution in [0.3, 0.4) is 0 Å². The zero-order valence-corrected chi connectivity index (χ0v) is 20.0. The molecule has 0 heterocycles. The van der Waals surface area contributed by atoms with Gasteiger partial charge in [0.1, 0.15) is 11.6 Å². The molecule has 0 N–H and O–H groups in total. The normalized spacial score (nSPS) is 9.14. The monoisotopic (exact) mass is 584 g/mol. The second-order valence-electron chi connectivity index (χ2n) is 5.43. The highest BCUT2D eigenvalue weighted by molar-refractivity contribution is 9.93. The molecule has 2 aromatic carbocycles. The van der Waals surface area contributed by atoms with Gasteiger partial charge in [0, 0.05) is 39.4 Å². The number of hydrogen-bond acceptors (Lipinski definition) is 2. The Morgan fingerprint density at radius 1 is 0.857 bits per heavy atom. The number of Topliss-reactive ketones (excluding diaryl/α,β-unsaturated/α-hetero) is 2. The Morgan fingerprint density at radius 3 is 1.57 bits per heavy atom. The van der Waals surface area contributed by atoms with Crippen molar-refractivity contribution in [3.8, 4) is 0 Å². The van der Waals surface area contributed by atoms with E-state index in [-0.39, 0.29) is 36.0 Å². The highest BCUT2D eigenvalue weighted by Gasteiger charge is 2.07. The van der Waals surface area contributed by atoms with Crippen LogP contribution in [0.1, 0.15) is 60.0 Å². The number of hydrogen-bond donors (Lipinski definition) is 0. The number of rotatable bonds is 5. The van der Waals surface area contributed by atoms with Gasteiger partial charge in [0.05, 0.1) is 5.33 Å². The Morgan fingerprint density at radius 2 is 1.25 bits per heavy atom. The van der Waals surface area contributed by atoms with Crippen molar-refractivity contribution in [3.63, 3.8) is 0 Å². The maximum Gasteiger partial charge on any atom is 0.173 e. The SMILES string of the molecule is BrBr.C.CCc1ccc(C(=O)CBr)cc1F.CCc1ccc(C(C)=O)cc1F. The van der Waals surface area contributed by atoms with Crippen molar-refractivity contribution in [2.24, 2.45) is 0 Å². The van der Waals surface area contributed by atoms with Gasteiger partial charge in [-0.3, -0.25) is 9.59 Å². The van der Waals surface area contributed by atoms with Crippen LogP contribution in [0.4, 0.5) is 8.78 Å². The molecule has 0 atom stereocenters. The number of ketones is 2. The molecule has 0 aliphatic carbocycles. The molecule has 2 aromatic rings. The van der Waals surface area contributed by atoms with E-state index in [2.05, 4.69) is 44.2 Å². The third kappa shape index (κ3) is 9.52. The van der Waals surface area contributed by atoms with Crippen LogP contribution < -0.4 is 0 Å². The molecule has 0 radical (unpaired) electrons. The summed E-state index contributed by atoms with van der Waals surface area (Å²) in [6, 6.07) is 9.22. The molecular weight excluding hydrogens is 562 g/mol. The molecule has 156 valence electrons. The lowest BCUT2D eigenvalue weighted by molar-refractivity contribution is 0.101. The molecule has 0 aliphatic rings. The van der Waals surface area contributed by atoms with Crippen LogP contribution in [0, 0.1) is 11.6 Å². The number of carbonyl (C=O) groups excluding carboxylic acids is 2. The van der Waals surface area contributed by atoms with E-state index in [1.807, 2.05) is 13.8 Å². The van der Waals surface area contributed by atoms with Crippen molar-refractivity contribution < 1.29 is 18.4 Å². The van der Waals surface area contributed by atoms with E-state index in [0.717, 1.165) is 0 Å². The van der Waals surface area contributed by atoms with Gasteiger partial charge in [-0.2, -0.15) is 0 Å². The van der Waals surface area contributed by atoms with Crippen molar-refractivity contribution in [2.45, 2.75) is 41.0 Å². The zero-order chi connectivity index (χ0) is 21.0. The fraction of sp³-hybridized carbons (Fsp3) is 0.333. The average molecular weight is 587 g/mol. The summed E-state index contributed by atoms with van der Waals surface area (Å²) in [7, 11) is 0. The van der Waals surface area contributed by atoms with Gasteiger partial charge in [0.25, 0.3) is 0 Å². The van der Waals surface area contributed by atoms with E-state index >= 15 is 0 Å². The first kappa shape index (κ1) is 29.3. The first-order valence-electron chi connectivity index (χ1n) is 8.15. The van der Waals surface area contributed by atoms with Gasteiger partial charge in [-0.25, -0.2) is 8.78 Å². The van der Waals surface area contributed by atoms with Crippen molar-refractivity contribution in [1.82, 2.24) is 0 Å². The molecule has 0 bridgehead atoms. The topological polar surface area (TPSA) is 34.1 Å². The second-order valence-corrected chi connectivity index (χ2v) is 5.99. The number of carbonyl (C=O) groups is 2. The van der Waals surface area contributed by atoms with Crippen LogP contribution in [0.15, 0.2) is 36.4 Å². The van der Waals surface area contributed by atoms with Crippen LogP contribution >= 0.6 is 44.2 Å². The van der Waals surface area contributed by atoms with Gasteiger partial charge in [-0.05, 0) is 43.0 Å². The van der Waals surface area contributed by atoms with Crippen molar-refractivity contribution in [1.29, 1.82) is 0 Å². The fourth-order valence-corrected chi connectivity index (χ4v) is 2.46. The number of alkyl halides is 1. The predicted molar refractivity (Wildman–Crippen MR) is 124 cm³/mol. The molecule has 0 fully saturated rings. The first-order valence-corrected chi connectivity index (χ1v) is 13.0. The Bertz CT molecular complexity index is 765. The minimum atomic E-state index is -0.297. The number of benzene rings is 2. The van der Waals surface area contributed by atoms with Crippen LogP contribution in [0.25, 0.3) is 0 Å². The number of aryl methyl sites for hydroxylation is 2. The second kappa shape index (κ2) is 15.9. The Hall–Kier alpha value is -0.920. The summed E-state index contributed by atoms with van der Waals surface area (Å²) in [4.78, 5) is 22.0. The maximum atomic E-state index is 13.2. The van der Waals surface area contributed by atoms with E-state index in [1.165, 1.54) is 19.1 Å². The molecule has 2 rings (SSSR count). The molecule has 2 nitrogen and oxygen atoms in total. The Kier molecular flexibility index (Phi) is 16.7. The van der Waals surface area contributed by atoms with E-state index < -0.39 is 0 Å². The Labute approximate surface area is 190 Å². The molecule has 7 heteroatoms. The average Bonchev–Trinajstić information content (AvgIpc) is 2.69. The summed E-state index contributed by atoms with van der Waals surface area (Å²) in [5.74, 6) is -0.780. The van der Waals surface area contributed by atoms with Crippen LogP contribution in [0.5, 0.6) is 0 Å². The zero-order valence-electron chi connectivity index (χ0n) is 15.3. The summed E-state index contributed by atoms with van der Waals surface area (Å²) in [6.45, 7) is 5.19. The van der Waals surface area contributed by atoms with Crippen molar-refractivity contribution in [2.75, 3.05) is 5.33 Å². The lowest BCUT2D eigenvalue weighted by Gasteiger charge is -2.01. The van der Waals surface area contributed by atoms with E-state index in [9.17, 15) is 18.4 Å².